The van der Waals surface area contributed by atoms with Crippen LogP contribution < -0.4 is 10.0 Å². The minimum absolute atomic E-state index is 0. The molecule has 2 unspecified atom stereocenters. The molecule has 1 saturated carbocycles. The van der Waals surface area contributed by atoms with Gasteiger partial charge < -0.3 is 10.1 Å². The lowest BCUT2D eigenvalue weighted by Gasteiger charge is -2.29. The normalized spacial score (nSPS) is 22.9. The van der Waals surface area contributed by atoms with Crippen molar-refractivity contribution < 1.29 is 17.9 Å². The highest BCUT2D eigenvalue weighted by atomic mass is 35.5. The van der Waals surface area contributed by atoms with Crippen molar-refractivity contribution in [3.63, 3.8) is 0 Å². The second-order valence-electron chi connectivity index (χ2n) is 4.75. The molecule has 1 aliphatic rings. The van der Waals surface area contributed by atoms with Gasteiger partial charge in [-0.05, 0) is 19.4 Å². The van der Waals surface area contributed by atoms with Crippen molar-refractivity contribution in [3.8, 4) is 0 Å². The summed E-state index contributed by atoms with van der Waals surface area (Å²) in [6.45, 7) is 3.70. The van der Waals surface area contributed by atoms with Crippen LogP contribution in [0.5, 0.6) is 0 Å². The van der Waals surface area contributed by atoms with Crippen LogP contribution >= 0.6 is 12.4 Å². The number of hydrogen-bond acceptors (Lipinski definition) is 5. The molecule has 0 aromatic carbocycles. The van der Waals surface area contributed by atoms with E-state index in [4.69, 9.17) is 4.74 Å². The molecule has 0 radical (unpaired) electrons. The van der Waals surface area contributed by atoms with Crippen molar-refractivity contribution in [1.82, 2.24) is 10.0 Å². The largest absolute Gasteiger partial charge is 0.469 e. The molecule has 8 heteroatoms. The highest BCUT2D eigenvalue weighted by molar-refractivity contribution is 7.90. The number of sulfonamides is 1. The van der Waals surface area contributed by atoms with Crippen molar-refractivity contribution >= 4 is 28.4 Å². The summed E-state index contributed by atoms with van der Waals surface area (Å²) in [5.74, 6) is -0.947. The zero-order valence-electron chi connectivity index (χ0n) is 12.1. The number of nitrogens with one attached hydrogen (secondary N) is 2. The number of methoxy groups -OCH3 is 1. The fraction of sp³-hybridized carbons (Fsp3) is 0.917. The van der Waals surface area contributed by atoms with Crippen molar-refractivity contribution in [1.29, 1.82) is 0 Å². The smallest absolute Gasteiger partial charge is 0.310 e. The summed E-state index contributed by atoms with van der Waals surface area (Å²) in [5.41, 5.74) is 0. The second-order valence-corrected chi connectivity index (χ2v) is 6.73. The third-order valence-corrected chi connectivity index (χ3v) is 5.43. The number of hydrogen-bond donors (Lipinski definition) is 2. The number of carbonyl (C=O) groups is 1. The molecule has 0 aromatic heterocycles. The van der Waals surface area contributed by atoms with Gasteiger partial charge in [0.15, 0.2) is 0 Å². The van der Waals surface area contributed by atoms with Gasteiger partial charge in [0.2, 0.25) is 10.0 Å². The molecule has 120 valence electrons. The lowest BCUT2D eigenvalue weighted by atomic mass is 9.89. The first-order chi connectivity index (χ1) is 9.03. The maximum absolute atomic E-state index is 12.2. The minimum atomic E-state index is -3.46. The molecular weight excluding hydrogens is 304 g/mol. The molecule has 1 aliphatic carbocycles. The summed E-state index contributed by atoms with van der Waals surface area (Å²) in [6.07, 6.45) is 2.83. The van der Waals surface area contributed by atoms with E-state index in [0.29, 0.717) is 25.9 Å². The van der Waals surface area contributed by atoms with Gasteiger partial charge in [-0.15, -0.1) is 12.4 Å². The molecular formula is C12H25ClN2O4S. The van der Waals surface area contributed by atoms with Crippen LogP contribution in [0.3, 0.4) is 0 Å². The van der Waals surface area contributed by atoms with Crippen LogP contribution in [0.1, 0.15) is 32.6 Å². The summed E-state index contributed by atoms with van der Waals surface area (Å²) in [7, 11) is -2.15. The van der Waals surface area contributed by atoms with Gasteiger partial charge >= 0.3 is 5.97 Å². The summed E-state index contributed by atoms with van der Waals surface area (Å²) < 4.78 is 31.8. The highest BCUT2D eigenvalue weighted by Crippen LogP contribution is 2.30. The second kappa shape index (κ2) is 9.55. The van der Waals surface area contributed by atoms with E-state index >= 15 is 0 Å². The maximum Gasteiger partial charge on any atom is 0.310 e. The number of likely N-dealkylation sites (N-methyl/N-ethyl adjacent to an activating group) is 1. The zero-order valence-corrected chi connectivity index (χ0v) is 13.7. The van der Waals surface area contributed by atoms with E-state index in [2.05, 4.69) is 10.0 Å². The summed E-state index contributed by atoms with van der Waals surface area (Å²) in [6, 6.07) is 0. The van der Waals surface area contributed by atoms with Gasteiger partial charge in [0.05, 0.1) is 18.3 Å². The van der Waals surface area contributed by atoms with Gasteiger partial charge in [-0.3, -0.25) is 4.79 Å². The van der Waals surface area contributed by atoms with Crippen molar-refractivity contribution in [2.45, 2.75) is 37.9 Å². The lowest BCUT2D eigenvalue weighted by Crippen LogP contribution is -2.45. The zero-order chi connectivity index (χ0) is 14.3. The van der Waals surface area contributed by atoms with Crippen molar-refractivity contribution in [3.05, 3.63) is 0 Å². The van der Waals surface area contributed by atoms with Crippen LogP contribution in [0.4, 0.5) is 0 Å². The summed E-state index contributed by atoms with van der Waals surface area (Å²) in [4.78, 5) is 11.7. The van der Waals surface area contributed by atoms with Crippen molar-refractivity contribution in [2.75, 3.05) is 26.7 Å². The first-order valence-electron chi connectivity index (χ1n) is 6.80. The molecule has 1 rings (SSSR count). The van der Waals surface area contributed by atoms with Gasteiger partial charge in [0.25, 0.3) is 0 Å². The predicted octanol–water partition coefficient (Wildman–Crippen LogP) is 0.669. The number of rotatable bonds is 7. The average molecular weight is 329 g/mol. The van der Waals surface area contributed by atoms with E-state index in [0.717, 1.165) is 19.4 Å². The molecule has 0 spiro atoms. The van der Waals surface area contributed by atoms with E-state index in [1.807, 2.05) is 6.92 Å². The molecule has 2 atom stereocenters. The standard InChI is InChI=1S/C12H24N2O4S.ClH/c1-3-13-8-9-14-19(16,17)11-7-5-4-6-10(11)12(15)18-2;/h10-11,13-14H,3-9H2,1-2H3;1H. The van der Waals surface area contributed by atoms with Crippen LogP contribution in [0.15, 0.2) is 0 Å². The number of ether oxygens (including phenoxy) is 1. The molecule has 6 nitrogen and oxygen atoms in total. The van der Waals surface area contributed by atoms with E-state index in [9.17, 15) is 13.2 Å². The molecule has 0 bridgehead atoms. The van der Waals surface area contributed by atoms with Gasteiger partial charge in [-0.1, -0.05) is 19.8 Å². The summed E-state index contributed by atoms with van der Waals surface area (Å²) >= 11 is 0. The van der Waals surface area contributed by atoms with Crippen molar-refractivity contribution in [2.24, 2.45) is 5.92 Å². The number of carbonyl (C=O) groups excluding carboxylic acids is 1. The van der Waals surface area contributed by atoms with E-state index in [-0.39, 0.29) is 12.4 Å². The van der Waals surface area contributed by atoms with Crippen LogP contribution in [0.25, 0.3) is 0 Å². The van der Waals surface area contributed by atoms with E-state index in [1.165, 1.54) is 7.11 Å². The van der Waals surface area contributed by atoms with Crippen LogP contribution in [0, 0.1) is 5.92 Å². The van der Waals surface area contributed by atoms with Crippen LogP contribution in [0.2, 0.25) is 0 Å². The minimum Gasteiger partial charge on any atom is -0.469 e. The lowest BCUT2D eigenvalue weighted by molar-refractivity contribution is -0.146. The number of esters is 1. The molecule has 1 fully saturated rings. The van der Waals surface area contributed by atoms with Gasteiger partial charge in [-0.2, -0.15) is 0 Å². The Hall–Kier alpha value is -0.370. The molecule has 20 heavy (non-hydrogen) atoms. The van der Waals surface area contributed by atoms with Crippen LogP contribution in [-0.2, 0) is 19.6 Å². The van der Waals surface area contributed by atoms with Crippen LogP contribution in [-0.4, -0.2) is 46.4 Å². The Morgan fingerprint density at radius 1 is 1.25 bits per heavy atom. The topological polar surface area (TPSA) is 84.5 Å². The Balaban J connectivity index is 0.00000361. The first kappa shape index (κ1) is 19.6. The van der Waals surface area contributed by atoms with Gasteiger partial charge in [0.1, 0.15) is 0 Å². The van der Waals surface area contributed by atoms with E-state index < -0.39 is 27.2 Å². The monoisotopic (exact) mass is 328 g/mol. The predicted molar refractivity (Wildman–Crippen MR) is 80.5 cm³/mol. The maximum atomic E-state index is 12.2. The Kier molecular flexibility index (Phi) is 9.37. The molecule has 0 aliphatic heterocycles. The fourth-order valence-electron chi connectivity index (χ4n) is 2.45. The average Bonchev–Trinajstić information content (AvgIpc) is 2.43. The Morgan fingerprint density at radius 3 is 2.50 bits per heavy atom. The third kappa shape index (κ3) is 5.55. The third-order valence-electron chi connectivity index (χ3n) is 3.46. The Morgan fingerprint density at radius 2 is 1.90 bits per heavy atom. The molecule has 0 heterocycles. The fourth-order valence-corrected chi connectivity index (χ4v) is 4.21. The molecule has 0 aromatic rings. The van der Waals surface area contributed by atoms with Gasteiger partial charge in [-0.25, -0.2) is 13.1 Å². The molecule has 2 N–H and O–H groups in total. The summed E-state index contributed by atoms with van der Waals surface area (Å²) in [5, 5.41) is 2.39. The highest BCUT2D eigenvalue weighted by Gasteiger charge is 2.39. The Bertz CT molecular complexity index is 389. The number of halogens is 1. The Labute approximate surface area is 127 Å². The molecule has 0 saturated heterocycles. The first-order valence-corrected chi connectivity index (χ1v) is 8.34. The van der Waals surface area contributed by atoms with E-state index in [1.54, 1.807) is 0 Å². The quantitative estimate of drug-likeness (QED) is 0.530. The molecule has 0 amide bonds. The van der Waals surface area contributed by atoms with Gasteiger partial charge in [0, 0.05) is 13.1 Å². The SMILES string of the molecule is CCNCCNS(=O)(=O)C1CCCCC1C(=O)OC.Cl.